The molecule has 0 atom stereocenters. The van der Waals surface area contributed by atoms with Crippen LogP contribution in [0.1, 0.15) is 12.8 Å². The van der Waals surface area contributed by atoms with Crippen LogP contribution in [0.2, 0.25) is 0 Å². The molecule has 0 heterocycles. The number of benzene rings is 4. The van der Waals surface area contributed by atoms with E-state index in [1.54, 1.807) is 0 Å². The van der Waals surface area contributed by atoms with Crippen molar-refractivity contribution in [3.05, 3.63) is 128 Å². The van der Waals surface area contributed by atoms with Gasteiger partial charge in [-0.1, -0.05) is 134 Å². The molecule has 0 saturated carbocycles. The lowest BCUT2D eigenvalue weighted by Crippen LogP contribution is -2.15. The maximum absolute atomic E-state index is 2.53. The zero-order valence-corrected chi connectivity index (χ0v) is 19.6. The van der Waals surface area contributed by atoms with E-state index in [1.807, 2.05) is 0 Å². The standard InChI is InChI=1S/C29H29P2/c1-6-16-26(17-7-1)30(27-18-8-2-9-19-27)24-14-5-15-25-31(28-20-10-3-11-21-28)29-22-12-4-13-23-29/h1-13,16-23H,14-15,24-25H2/q-1. The first kappa shape index (κ1) is 22.0. The maximum atomic E-state index is 2.53. The van der Waals surface area contributed by atoms with Gasteiger partial charge in [0.1, 0.15) is 0 Å². The molecule has 156 valence electrons. The second-order valence-corrected chi connectivity index (χ2v) is 12.2. The molecule has 0 amide bonds. The summed E-state index contributed by atoms with van der Waals surface area (Å²) >= 11 is 0. The molecular weight excluding hydrogens is 410 g/mol. The third-order valence-electron chi connectivity index (χ3n) is 5.39. The summed E-state index contributed by atoms with van der Waals surface area (Å²) in [6.07, 6.45) is 7.31. The van der Waals surface area contributed by atoms with Gasteiger partial charge in [0, 0.05) is 0 Å². The molecule has 4 aromatic rings. The molecule has 0 N–H and O–H groups in total. The molecule has 0 aromatic heterocycles. The van der Waals surface area contributed by atoms with Gasteiger partial charge in [-0.05, 0) is 37.1 Å². The Labute approximate surface area is 189 Å². The van der Waals surface area contributed by atoms with Gasteiger partial charge in [0.05, 0.1) is 0 Å². The van der Waals surface area contributed by atoms with Crippen LogP contribution in [-0.4, -0.2) is 12.3 Å². The molecule has 0 fully saturated rings. The van der Waals surface area contributed by atoms with Crippen LogP contribution in [0, 0.1) is 6.42 Å². The first-order valence-corrected chi connectivity index (χ1v) is 14.0. The Kier molecular flexibility index (Phi) is 8.46. The molecule has 31 heavy (non-hydrogen) atoms. The highest BCUT2D eigenvalue weighted by Crippen LogP contribution is 2.37. The summed E-state index contributed by atoms with van der Waals surface area (Å²) in [4.78, 5) is 0. The van der Waals surface area contributed by atoms with Crippen molar-refractivity contribution in [2.45, 2.75) is 12.8 Å². The molecule has 0 unspecified atom stereocenters. The van der Waals surface area contributed by atoms with Crippen LogP contribution in [-0.2, 0) is 0 Å². The highest BCUT2D eigenvalue weighted by molar-refractivity contribution is 7.73. The normalized spacial score (nSPS) is 11.2. The first-order chi connectivity index (χ1) is 15.4. The van der Waals surface area contributed by atoms with Gasteiger partial charge in [-0.2, -0.15) is 12.8 Å². The lowest BCUT2D eigenvalue weighted by molar-refractivity contribution is 0.984. The molecule has 4 rings (SSSR count). The van der Waals surface area contributed by atoms with E-state index >= 15 is 0 Å². The Hall–Kier alpha value is -2.26. The SMILES string of the molecule is c1ccc(P(CC[CH-]CCP(c2ccccc2)c2ccccc2)c2ccccc2)cc1. The Morgan fingerprint density at radius 1 is 0.387 bits per heavy atom. The Balaban J connectivity index is 1.37. The van der Waals surface area contributed by atoms with Gasteiger partial charge in [-0.25, -0.2) is 0 Å². The van der Waals surface area contributed by atoms with Gasteiger partial charge in [0.25, 0.3) is 0 Å². The van der Waals surface area contributed by atoms with Crippen molar-refractivity contribution >= 4 is 37.1 Å². The van der Waals surface area contributed by atoms with Gasteiger partial charge in [-0.15, -0.1) is 0 Å². The molecule has 0 radical (unpaired) electrons. The predicted molar refractivity (Wildman–Crippen MR) is 141 cm³/mol. The van der Waals surface area contributed by atoms with E-state index in [4.69, 9.17) is 0 Å². The summed E-state index contributed by atoms with van der Waals surface area (Å²) in [7, 11) is -0.593. The summed E-state index contributed by atoms with van der Waals surface area (Å²) in [5, 5.41) is 5.92. The molecule has 0 saturated heterocycles. The fourth-order valence-corrected chi connectivity index (χ4v) is 8.47. The highest BCUT2D eigenvalue weighted by atomic mass is 31.1. The topological polar surface area (TPSA) is 0 Å². The average Bonchev–Trinajstić information content (AvgIpc) is 2.86. The summed E-state index contributed by atoms with van der Waals surface area (Å²) in [6, 6.07) is 44.2. The van der Waals surface area contributed by atoms with Crippen molar-refractivity contribution in [3.63, 3.8) is 0 Å². The summed E-state index contributed by atoms with van der Waals surface area (Å²) in [5.74, 6) is 0. The largest absolute Gasteiger partial charge is 0.328 e. The van der Waals surface area contributed by atoms with Gasteiger partial charge in [0.2, 0.25) is 0 Å². The maximum Gasteiger partial charge on any atom is -0.0196 e. The van der Waals surface area contributed by atoms with Crippen molar-refractivity contribution in [2.24, 2.45) is 0 Å². The predicted octanol–water partition coefficient (Wildman–Crippen LogP) is 6.24. The van der Waals surface area contributed by atoms with Crippen molar-refractivity contribution in [2.75, 3.05) is 12.3 Å². The van der Waals surface area contributed by atoms with E-state index < -0.39 is 0 Å². The Bertz CT molecular complexity index is 838. The summed E-state index contributed by atoms with van der Waals surface area (Å²) < 4.78 is 0. The second kappa shape index (κ2) is 12.0. The van der Waals surface area contributed by atoms with Crippen LogP contribution >= 0.6 is 15.8 Å². The molecule has 2 heteroatoms. The molecule has 0 bridgehead atoms. The van der Waals surface area contributed by atoms with Crippen molar-refractivity contribution in [1.29, 1.82) is 0 Å². The minimum atomic E-state index is -0.296. The quantitative estimate of drug-likeness (QED) is 0.156. The molecule has 0 aliphatic rings. The van der Waals surface area contributed by atoms with E-state index in [9.17, 15) is 0 Å². The first-order valence-electron chi connectivity index (χ1n) is 11.0. The van der Waals surface area contributed by atoms with Crippen LogP contribution in [0.25, 0.3) is 0 Å². The van der Waals surface area contributed by atoms with Crippen LogP contribution in [0.5, 0.6) is 0 Å². The second-order valence-electron chi connectivity index (χ2n) is 7.51. The third kappa shape index (κ3) is 6.36. The molecular formula is C29H29P2-. The van der Waals surface area contributed by atoms with E-state index in [0.29, 0.717) is 0 Å². The van der Waals surface area contributed by atoms with Crippen molar-refractivity contribution in [1.82, 2.24) is 0 Å². The number of hydrogen-bond acceptors (Lipinski definition) is 0. The zero-order chi connectivity index (χ0) is 21.1. The molecule has 0 nitrogen and oxygen atoms in total. The number of rotatable bonds is 10. The van der Waals surface area contributed by atoms with Crippen LogP contribution < -0.4 is 21.2 Å². The highest BCUT2D eigenvalue weighted by Gasteiger charge is 2.13. The Morgan fingerprint density at radius 2 is 0.645 bits per heavy atom. The zero-order valence-electron chi connectivity index (χ0n) is 17.8. The minimum Gasteiger partial charge on any atom is -0.328 e. The van der Waals surface area contributed by atoms with Crippen LogP contribution in [0.15, 0.2) is 121 Å². The lowest BCUT2D eigenvalue weighted by Gasteiger charge is -2.24. The molecule has 4 aromatic carbocycles. The number of hydrogen-bond donors (Lipinski definition) is 0. The van der Waals surface area contributed by atoms with E-state index in [0.717, 1.165) is 0 Å². The molecule has 0 aliphatic carbocycles. The van der Waals surface area contributed by atoms with Gasteiger partial charge in [-0.3, -0.25) is 0 Å². The Morgan fingerprint density at radius 3 is 0.903 bits per heavy atom. The number of unbranched alkanes of at least 4 members (excludes halogenated alkanes) is 2. The minimum absolute atomic E-state index is 0.296. The molecule has 0 spiro atoms. The fraction of sp³-hybridized carbons (Fsp3) is 0.138. The lowest BCUT2D eigenvalue weighted by atomic mass is 10.3. The van der Waals surface area contributed by atoms with E-state index in [-0.39, 0.29) is 15.8 Å². The van der Waals surface area contributed by atoms with Crippen LogP contribution in [0.3, 0.4) is 0 Å². The van der Waals surface area contributed by atoms with Gasteiger partial charge < -0.3 is 6.42 Å². The smallest absolute Gasteiger partial charge is 0.0196 e. The fourth-order valence-electron chi connectivity index (χ4n) is 3.83. The van der Waals surface area contributed by atoms with E-state index in [1.165, 1.54) is 46.4 Å². The van der Waals surface area contributed by atoms with Gasteiger partial charge in [0.15, 0.2) is 0 Å². The summed E-state index contributed by atoms with van der Waals surface area (Å²) in [5.41, 5.74) is 0. The van der Waals surface area contributed by atoms with E-state index in [2.05, 4.69) is 128 Å². The monoisotopic (exact) mass is 439 g/mol. The van der Waals surface area contributed by atoms with Crippen molar-refractivity contribution in [3.8, 4) is 0 Å². The molecule has 0 aliphatic heterocycles. The van der Waals surface area contributed by atoms with Gasteiger partial charge >= 0.3 is 0 Å². The van der Waals surface area contributed by atoms with Crippen molar-refractivity contribution < 1.29 is 0 Å². The summed E-state index contributed by atoms with van der Waals surface area (Å²) in [6.45, 7) is 0. The average molecular weight is 439 g/mol. The third-order valence-corrected chi connectivity index (χ3v) is 10.5. The van der Waals surface area contributed by atoms with Crippen LogP contribution in [0.4, 0.5) is 0 Å².